The van der Waals surface area contributed by atoms with Gasteiger partial charge < -0.3 is 24.6 Å². The van der Waals surface area contributed by atoms with Crippen LogP contribution in [0.25, 0.3) is 0 Å². The van der Waals surface area contributed by atoms with E-state index in [-0.39, 0.29) is 42.6 Å². The summed E-state index contributed by atoms with van der Waals surface area (Å²) in [7, 11) is 0. The number of hydrogen-bond donors (Lipinski definition) is 1. The van der Waals surface area contributed by atoms with Crippen LogP contribution < -0.4 is 10.2 Å². The average molecular weight is 529 g/mol. The Morgan fingerprint density at radius 1 is 1.00 bits per heavy atom. The molecule has 3 aliphatic heterocycles. The number of carbonyl (C=O) groups is 4. The molecular weight excluding hydrogens is 488 g/mol. The molecule has 4 rings (SSSR count). The van der Waals surface area contributed by atoms with Crippen molar-refractivity contribution in [1.29, 1.82) is 0 Å². The zero-order valence-electron chi connectivity index (χ0n) is 22.9. The highest BCUT2D eigenvalue weighted by Crippen LogP contribution is 2.31. The van der Waals surface area contributed by atoms with Gasteiger partial charge in [-0.1, -0.05) is 27.7 Å². The molecule has 208 valence electrons. The Morgan fingerprint density at radius 2 is 1.68 bits per heavy atom. The van der Waals surface area contributed by atoms with Crippen LogP contribution in [-0.4, -0.2) is 97.6 Å². The van der Waals surface area contributed by atoms with E-state index in [1.54, 1.807) is 17.0 Å². The van der Waals surface area contributed by atoms with Crippen LogP contribution in [0.3, 0.4) is 0 Å². The molecule has 1 N–H and O–H groups in total. The van der Waals surface area contributed by atoms with Gasteiger partial charge in [-0.25, -0.2) is 4.79 Å². The lowest BCUT2D eigenvalue weighted by Crippen LogP contribution is -2.53. The van der Waals surface area contributed by atoms with Crippen LogP contribution in [0, 0.1) is 11.8 Å². The maximum absolute atomic E-state index is 13.7. The third-order valence-electron chi connectivity index (χ3n) is 7.30. The monoisotopic (exact) mass is 528 g/mol. The Balaban J connectivity index is 1.43. The van der Waals surface area contributed by atoms with Crippen molar-refractivity contribution in [2.75, 3.05) is 50.9 Å². The molecule has 3 unspecified atom stereocenters. The van der Waals surface area contributed by atoms with Crippen LogP contribution >= 0.6 is 0 Å². The van der Waals surface area contributed by atoms with Crippen LogP contribution in [0.4, 0.5) is 10.5 Å². The molecule has 38 heavy (non-hydrogen) atoms. The summed E-state index contributed by atoms with van der Waals surface area (Å²) in [4.78, 5) is 57.6. The molecule has 3 saturated heterocycles. The van der Waals surface area contributed by atoms with E-state index in [4.69, 9.17) is 9.47 Å². The van der Waals surface area contributed by atoms with Crippen molar-refractivity contribution in [3.8, 4) is 0 Å². The second-order valence-corrected chi connectivity index (χ2v) is 11.2. The molecule has 3 atom stereocenters. The van der Waals surface area contributed by atoms with E-state index in [2.05, 4.69) is 10.2 Å². The van der Waals surface area contributed by atoms with Gasteiger partial charge in [-0.05, 0) is 48.9 Å². The molecule has 3 aliphatic rings. The van der Waals surface area contributed by atoms with E-state index in [1.165, 1.54) is 4.90 Å². The Bertz CT molecular complexity index is 1020. The summed E-state index contributed by atoms with van der Waals surface area (Å²) in [5.74, 6) is -0.449. The minimum Gasteiger partial charge on any atom is -0.449 e. The summed E-state index contributed by atoms with van der Waals surface area (Å²) in [6, 6.07) is 5.50. The first-order valence-electron chi connectivity index (χ1n) is 13.7. The van der Waals surface area contributed by atoms with Crippen molar-refractivity contribution in [2.45, 2.75) is 58.7 Å². The van der Waals surface area contributed by atoms with Gasteiger partial charge in [-0.2, -0.15) is 0 Å². The van der Waals surface area contributed by atoms with Gasteiger partial charge in [0.2, 0.25) is 5.91 Å². The number of fused-ring (bicyclic) bond motifs is 1. The Hall–Kier alpha value is -3.14. The molecule has 10 nitrogen and oxygen atoms in total. The molecule has 1 aromatic carbocycles. The number of hydrogen-bond acceptors (Lipinski definition) is 7. The first-order chi connectivity index (χ1) is 18.2. The number of anilines is 1. The molecule has 0 aliphatic carbocycles. The van der Waals surface area contributed by atoms with E-state index in [9.17, 15) is 19.2 Å². The number of likely N-dealkylation sites (tertiary alicyclic amines) is 2. The van der Waals surface area contributed by atoms with Crippen molar-refractivity contribution in [2.24, 2.45) is 11.8 Å². The minimum absolute atomic E-state index is 0.0628. The van der Waals surface area contributed by atoms with Gasteiger partial charge in [0, 0.05) is 30.9 Å². The van der Waals surface area contributed by atoms with Crippen molar-refractivity contribution >= 4 is 29.4 Å². The summed E-state index contributed by atoms with van der Waals surface area (Å²) in [6.07, 6.45) is 0.435. The van der Waals surface area contributed by atoms with Crippen LogP contribution in [-0.2, 0) is 19.1 Å². The van der Waals surface area contributed by atoms with E-state index in [0.29, 0.717) is 38.2 Å². The molecule has 1 aromatic rings. The highest BCUT2D eigenvalue weighted by molar-refractivity contribution is 6.00. The Labute approximate surface area is 224 Å². The van der Waals surface area contributed by atoms with Gasteiger partial charge in [0.15, 0.2) is 5.78 Å². The number of carbonyl (C=O) groups excluding carboxylic acids is 4. The maximum Gasteiger partial charge on any atom is 0.410 e. The van der Waals surface area contributed by atoms with Crippen LogP contribution in [0.2, 0.25) is 0 Å². The average Bonchev–Trinajstić information content (AvgIpc) is 3.48. The number of nitrogens with zero attached hydrogens (tertiary/aromatic N) is 3. The predicted octanol–water partition coefficient (Wildman–Crippen LogP) is 2.31. The summed E-state index contributed by atoms with van der Waals surface area (Å²) in [5.41, 5.74) is 1.50. The standard InChI is InChI=1S/C28H40N4O6/c1-18(2)15-22(29-26(34)20-5-7-21(8-6-20)30-11-13-37-14-12-30)27(35)31-10-9-23-25(31)24(33)16-32(23)28(36)38-17-19(3)4/h5-8,18-19,22-23,25H,9-17H2,1-4H3,(H,29,34). The summed E-state index contributed by atoms with van der Waals surface area (Å²) >= 11 is 0. The highest BCUT2D eigenvalue weighted by Gasteiger charge is 2.52. The maximum atomic E-state index is 13.7. The lowest BCUT2D eigenvalue weighted by molar-refractivity contribution is -0.138. The fourth-order valence-electron chi connectivity index (χ4n) is 5.42. The van der Waals surface area contributed by atoms with E-state index in [1.807, 2.05) is 39.8 Å². The fraction of sp³-hybridized carbons (Fsp3) is 0.643. The summed E-state index contributed by atoms with van der Waals surface area (Å²) < 4.78 is 10.8. The number of morpholine rings is 1. The first kappa shape index (κ1) is 27.9. The summed E-state index contributed by atoms with van der Waals surface area (Å²) in [5, 5.41) is 2.92. The molecule has 0 bridgehead atoms. The molecule has 10 heteroatoms. The minimum atomic E-state index is -0.769. The molecule has 0 spiro atoms. The lowest BCUT2D eigenvalue weighted by Gasteiger charge is -2.29. The molecule has 3 heterocycles. The van der Waals surface area contributed by atoms with Crippen molar-refractivity contribution < 1.29 is 28.7 Å². The van der Waals surface area contributed by atoms with Gasteiger partial charge in [0.1, 0.15) is 12.1 Å². The predicted molar refractivity (Wildman–Crippen MR) is 142 cm³/mol. The summed E-state index contributed by atoms with van der Waals surface area (Å²) in [6.45, 7) is 11.4. The number of ketones is 1. The van der Waals surface area contributed by atoms with Gasteiger partial charge in [-0.15, -0.1) is 0 Å². The van der Waals surface area contributed by atoms with Crippen LogP contribution in [0.15, 0.2) is 24.3 Å². The van der Waals surface area contributed by atoms with Crippen molar-refractivity contribution in [1.82, 2.24) is 15.1 Å². The zero-order chi connectivity index (χ0) is 27.4. The molecule has 3 fully saturated rings. The number of ether oxygens (including phenoxy) is 2. The Morgan fingerprint density at radius 3 is 2.32 bits per heavy atom. The smallest absolute Gasteiger partial charge is 0.410 e. The fourth-order valence-corrected chi connectivity index (χ4v) is 5.42. The highest BCUT2D eigenvalue weighted by atomic mass is 16.6. The van der Waals surface area contributed by atoms with E-state index >= 15 is 0 Å². The lowest BCUT2D eigenvalue weighted by atomic mass is 10.0. The quantitative estimate of drug-likeness (QED) is 0.552. The van der Waals surface area contributed by atoms with Crippen molar-refractivity contribution in [3.05, 3.63) is 29.8 Å². The van der Waals surface area contributed by atoms with Crippen molar-refractivity contribution in [3.63, 3.8) is 0 Å². The molecular formula is C28H40N4O6. The Kier molecular flexibility index (Phi) is 8.91. The molecule has 3 amide bonds. The number of benzene rings is 1. The molecule has 0 saturated carbocycles. The third-order valence-corrected chi connectivity index (χ3v) is 7.30. The largest absolute Gasteiger partial charge is 0.449 e. The second kappa shape index (κ2) is 12.1. The number of Topliss-reactive ketones (excluding diaryl/α,β-unsaturated/α-hetero) is 1. The normalized spacial score (nSPS) is 22.2. The van der Waals surface area contributed by atoms with Gasteiger partial charge in [-0.3, -0.25) is 19.3 Å². The molecule has 0 radical (unpaired) electrons. The number of nitrogens with one attached hydrogen (secondary N) is 1. The van der Waals surface area contributed by atoms with Gasteiger partial charge >= 0.3 is 6.09 Å². The van der Waals surface area contributed by atoms with Gasteiger partial charge in [0.25, 0.3) is 5.91 Å². The first-order valence-corrected chi connectivity index (χ1v) is 13.7. The molecule has 0 aromatic heterocycles. The topological polar surface area (TPSA) is 108 Å². The van der Waals surface area contributed by atoms with Gasteiger partial charge in [0.05, 0.1) is 32.4 Å². The second-order valence-electron chi connectivity index (χ2n) is 11.2. The number of amides is 3. The van der Waals surface area contributed by atoms with Crippen LogP contribution in [0.5, 0.6) is 0 Å². The third kappa shape index (κ3) is 6.28. The number of rotatable bonds is 8. The SMILES string of the molecule is CC(C)COC(=O)N1CC(=O)C2C1CCN2C(=O)C(CC(C)C)NC(=O)c1ccc(N2CCOCC2)cc1. The van der Waals surface area contributed by atoms with E-state index in [0.717, 1.165) is 18.8 Å². The zero-order valence-corrected chi connectivity index (χ0v) is 22.9. The van der Waals surface area contributed by atoms with Crippen LogP contribution in [0.1, 0.15) is 50.9 Å². The van der Waals surface area contributed by atoms with E-state index < -0.39 is 24.2 Å².